The van der Waals surface area contributed by atoms with Crippen LogP contribution in [0.25, 0.3) is 0 Å². The predicted octanol–water partition coefficient (Wildman–Crippen LogP) is 1.69. The van der Waals surface area contributed by atoms with E-state index in [-0.39, 0.29) is 17.2 Å². The molecule has 3 nitrogen and oxygen atoms in total. The summed E-state index contributed by atoms with van der Waals surface area (Å²) in [7, 11) is 1.53. The lowest BCUT2D eigenvalue weighted by molar-refractivity contribution is 0.0784. The number of hydrogen-bond donors (Lipinski definition) is 1. The van der Waals surface area contributed by atoms with Crippen molar-refractivity contribution in [2.45, 2.75) is 19.9 Å². The number of benzene rings is 1. The van der Waals surface area contributed by atoms with Gasteiger partial charge in [0, 0.05) is 25.7 Å². The highest BCUT2D eigenvalue weighted by atomic mass is 19.1. The summed E-state index contributed by atoms with van der Waals surface area (Å²) in [6, 6.07) is 1.74. The van der Waals surface area contributed by atoms with E-state index in [0.29, 0.717) is 6.54 Å². The van der Waals surface area contributed by atoms with Crippen LogP contribution < -0.4 is 5.73 Å². The molecule has 0 aliphatic carbocycles. The van der Waals surface area contributed by atoms with E-state index in [0.717, 1.165) is 6.07 Å². The van der Waals surface area contributed by atoms with Gasteiger partial charge in [-0.1, -0.05) is 0 Å². The topological polar surface area (TPSA) is 46.3 Å². The molecule has 0 aliphatic rings. The minimum absolute atomic E-state index is 0.132. The molecular weight excluding hydrogens is 226 g/mol. The summed E-state index contributed by atoms with van der Waals surface area (Å²) in [4.78, 5) is 13.2. The first-order valence-corrected chi connectivity index (χ1v) is 5.29. The highest BCUT2D eigenvalue weighted by molar-refractivity contribution is 5.94. The van der Waals surface area contributed by atoms with Crippen molar-refractivity contribution in [3.8, 4) is 0 Å². The maximum Gasteiger partial charge on any atom is 0.256 e. The van der Waals surface area contributed by atoms with Crippen LogP contribution >= 0.6 is 0 Å². The van der Waals surface area contributed by atoms with Gasteiger partial charge in [0.25, 0.3) is 5.91 Å². The number of hydrogen-bond acceptors (Lipinski definition) is 2. The van der Waals surface area contributed by atoms with Gasteiger partial charge < -0.3 is 10.6 Å². The maximum atomic E-state index is 13.5. The fourth-order valence-electron chi connectivity index (χ4n) is 1.54. The minimum atomic E-state index is -0.852. The molecule has 1 amide bonds. The number of carbonyl (C=O) groups is 1. The van der Waals surface area contributed by atoms with E-state index in [1.54, 1.807) is 6.92 Å². The van der Waals surface area contributed by atoms with E-state index < -0.39 is 17.5 Å². The van der Waals surface area contributed by atoms with E-state index in [1.165, 1.54) is 24.9 Å². The molecule has 0 saturated carbocycles. The molecule has 0 bridgehead atoms. The fourth-order valence-corrected chi connectivity index (χ4v) is 1.54. The SMILES string of the molecule is Cc1cc(C(=O)N(C)CC(C)N)c(F)cc1F. The van der Waals surface area contributed by atoms with E-state index in [2.05, 4.69) is 0 Å². The molecule has 1 aromatic carbocycles. The van der Waals surface area contributed by atoms with E-state index >= 15 is 0 Å². The third-order valence-corrected chi connectivity index (χ3v) is 2.39. The normalized spacial score (nSPS) is 12.4. The quantitative estimate of drug-likeness (QED) is 0.876. The summed E-state index contributed by atoms with van der Waals surface area (Å²) in [5.74, 6) is -2.01. The van der Waals surface area contributed by atoms with Crippen LogP contribution in [0, 0.1) is 18.6 Å². The van der Waals surface area contributed by atoms with Gasteiger partial charge in [-0.05, 0) is 25.5 Å². The summed E-state index contributed by atoms with van der Waals surface area (Å²) in [6.07, 6.45) is 0. The monoisotopic (exact) mass is 242 g/mol. The van der Waals surface area contributed by atoms with Gasteiger partial charge in [0.15, 0.2) is 0 Å². The van der Waals surface area contributed by atoms with Crippen LogP contribution in [-0.4, -0.2) is 30.4 Å². The van der Waals surface area contributed by atoms with E-state index in [9.17, 15) is 13.6 Å². The first-order valence-electron chi connectivity index (χ1n) is 5.29. The van der Waals surface area contributed by atoms with Gasteiger partial charge in [0.1, 0.15) is 11.6 Å². The van der Waals surface area contributed by atoms with Crippen LogP contribution in [0.4, 0.5) is 8.78 Å². The number of carbonyl (C=O) groups excluding carboxylic acids is 1. The van der Waals surface area contributed by atoms with Crippen molar-refractivity contribution in [1.82, 2.24) is 4.90 Å². The molecule has 0 fully saturated rings. The molecule has 0 heterocycles. The lowest BCUT2D eigenvalue weighted by atomic mass is 10.1. The smallest absolute Gasteiger partial charge is 0.256 e. The zero-order chi connectivity index (χ0) is 13.2. The predicted molar refractivity (Wildman–Crippen MR) is 61.7 cm³/mol. The fraction of sp³-hybridized carbons (Fsp3) is 0.417. The molecule has 1 aromatic rings. The highest BCUT2D eigenvalue weighted by Crippen LogP contribution is 2.15. The van der Waals surface area contributed by atoms with Gasteiger partial charge >= 0.3 is 0 Å². The number of halogens is 2. The van der Waals surface area contributed by atoms with Crippen LogP contribution in [0.5, 0.6) is 0 Å². The van der Waals surface area contributed by atoms with E-state index in [1.807, 2.05) is 0 Å². The summed E-state index contributed by atoms with van der Waals surface area (Å²) in [5.41, 5.74) is 5.66. The molecule has 94 valence electrons. The van der Waals surface area contributed by atoms with Crippen LogP contribution in [0.1, 0.15) is 22.8 Å². The van der Waals surface area contributed by atoms with Gasteiger partial charge in [-0.3, -0.25) is 4.79 Å². The number of rotatable bonds is 3. The van der Waals surface area contributed by atoms with Crippen LogP contribution in [0.3, 0.4) is 0 Å². The van der Waals surface area contributed by atoms with Crippen molar-refractivity contribution >= 4 is 5.91 Å². The first-order chi connectivity index (χ1) is 7.82. The highest BCUT2D eigenvalue weighted by Gasteiger charge is 2.18. The second kappa shape index (κ2) is 5.23. The largest absolute Gasteiger partial charge is 0.340 e. The third-order valence-electron chi connectivity index (χ3n) is 2.39. The Kier molecular flexibility index (Phi) is 4.17. The molecular formula is C12H16F2N2O. The Morgan fingerprint density at radius 2 is 2.00 bits per heavy atom. The second-order valence-electron chi connectivity index (χ2n) is 4.24. The molecule has 1 unspecified atom stereocenters. The number of aryl methyl sites for hydroxylation is 1. The van der Waals surface area contributed by atoms with Gasteiger partial charge in [-0.2, -0.15) is 0 Å². The molecule has 0 aliphatic heterocycles. The van der Waals surface area contributed by atoms with Crippen molar-refractivity contribution in [3.63, 3.8) is 0 Å². The Morgan fingerprint density at radius 3 is 2.53 bits per heavy atom. The Morgan fingerprint density at radius 1 is 1.41 bits per heavy atom. The van der Waals surface area contributed by atoms with Crippen molar-refractivity contribution in [3.05, 3.63) is 34.9 Å². The lowest BCUT2D eigenvalue weighted by Gasteiger charge is -2.19. The Bertz CT molecular complexity index is 433. The zero-order valence-electron chi connectivity index (χ0n) is 10.1. The molecule has 5 heteroatoms. The van der Waals surface area contributed by atoms with Crippen LogP contribution in [0.15, 0.2) is 12.1 Å². The first kappa shape index (κ1) is 13.6. The Labute approximate surface area is 99.2 Å². The van der Waals surface area contributed by atoms with Gasteiger partial charge in [-0.15, -0.1) is 0 Å². The summed E-state index contributed by atoms with van der Waals surface area (Å²) in [5, 5.41) is 0. The van der Waals surface area contributed by atoms with Crippen molar-refractivity contribution in [2.75, 3.05) is 13.6 Å². The Balaban J connectivity index is 3.00. The molecule has 0 spiro atoms. The van der Waals surface area contributed by atoms with Gasteiger partial charge in [0.05, 0.1) is 5.56 Å². The summed E-state index contributed by atoms with van der Waals surface area (Å²) in [6.45, 7) is 3.54. The molecule has 17 heavy (non-hydrogen) atoms. The van der Waals surface area contributed by atoms with Gasteiger partial charge in [-0.25, -0.2) is 8.78 Å². The van der Waals surface area contributed by atoms with E-state index in [4.69, 9.17) is 5.73 Å². The standard InChI is InChI=1S/C12H16F2N2O/c1-7-4-9(11(14)5-10(7)13)12(17)16(3)6-8(2)15/h4-5,8H,6,15H2,1-3H3. The minimum Gasteiger partial charge on any atom is -0.340 e. The van der Waals surface area contributed by atoms with Crippen molar-refractivity contribution in [2.24, 2.45) is 5.73 Å². The van der Waals surface area contributed by atoms with Gasteiger partial charge in [0.2, 0.25) is 0 Å². The van der Waals surface area contributed by atoms with Crippen molar-refractivity contribution in [1.29, 1.82) is 0 Å². The molecule has 1 rings (SSSR count). The van der Waals surface area contributed by atoms with Crippen LogP contribution in [-0.2, 0) is 0 Å². The van der Waals surface area contributed by atoms with Crippen LogP contribution in [0.2, 0.25) is 0 Å². The summed E-state index contributed by atoms with van der Waals surface area (Å²) < 4.78 is 26.5. The number of nitrogens with zero attached hydrogens (tertiary/aromatic N) is 1. The molecule has 0 saturated heterocycles. The molecule has 2 N–H and O–H groups in total. The molecule has 0 aromatic heterocycles. The average Bonchev–Trinajstić information content (AvgIpc) is 2.21. The Hall–Kier alpha value is -1.49. The molecule has 1 atom stereocenters. The number of likely N-dealkylation sites (N-methyl/N-ethyl adjacent to an activating group) is 1. The summed E-state index contributed by atoms with van der Waals surface area (Å²) >= 11 is 0. The average molecular weight is 242 g/mol. The number of amides is 1. The molecule has 0 radical (unpaired) electrons. The van der Waals surface area contributed by atoms with Crippen molar-refractivity contribution < 1.29 is 13.6 Å². The number of nitrogens with two attached hydrogens (primary N) is 1. The lowest BCUT2D eigenvalue weighted by Crippen LogP contribution is -2.37. The zero-order valence-corrected chi connectivity index (χ0v) is 10.1. The third kappa shape index (κ3) is 3.23. The maximum absolute atomic E-state index is 13.5. The second-order valence-corrected chi connectivity index (χ2v) is 4.24.